The number of carbonyl (C=O) groups is 2. The van der Waals surface area contributed by atoms with Gasteiger partial charge in [-0.2, -0.15) is 0 Å². The van der Waals surface area contributed by atoms with Gasteiger partial charge in [-0.05, 0) is 61.2 Å². The molecule has 2 aromatic carbocycles. The van der Waals surface area contributed by atoms with Gasteiger partial charge in [-0.15, -0.1) is 0 Å². The Morgan fingerprint density at radius 1 is 1.10 bits per heavy atom. The molecule has 0 bridgehead atoms. The van der Waals surface area contributed by atoms with Gasteiger partial charge in [0.05, 0.1) is 10.6 Å². The van der Waals surface area contributed by atoms with Gasteiger partial charge in [0.25, 0.3) is 0 Å². The van der Waals surface area contributed by atoms with E-state index < -0.39 is 9.84 Å². The molecule has 0 aromatic heterocycles. The van der Waals surface area contributed by atoms with Crippen molar-refractivity contribution < 1.29 is 18.0 Å². The molecule has 1 aliphatic rings. The zero-order valence-electron chi connectivity index (χ0n) is 17.6. The van der Waals surface area contributed by atoms with Crippen LogP contribution in [0.1, 0.15) is 44.7 Å². The van der Waals surface area contributed by atoms with E-state index in [1.54, 1.807) is 17.0 Å². The Morgan fingerprint density at radius 3 is 2.43 bits per heavy atom. The number of sulfone groups is 1. The van der Waals surface area contributed by atoms with E-state index in [4.69, 9.17) is 0 Å². The maximum Gasteiger partial charge on any atom is 0.226 e. The number of carbonyl (C=O) groups excluding carboxylic acids is 2. The van der Waals surface area contributed by atoms with Crippen molar-refractivity contribution in [2.24, 2.45) is 0 Å². The minimum Gasteiger partial charge on any atom is -0.326 e. The van der Waals surface area contributed by atoms with Gasteiger partial charge in [-0.25, -0.2) is 8.42 Å². The molecule has 0 fully saturated rings. The summed E-state index contributed by atoms with van der Waals surface area (Å²) in [6.07, 6.45) is 1.82. The Bertz CT molecular complexity index is 1050. The molecule has 0 saturated heterocycles. The second-order valence-corrected chi connectivity index (χ2v) is 9.74. The summed E-state index contributed by atoms with van der Waals surface area (Å²) in [5.41, 5.74) is 3.45. The summed E-state index contributed by atoms with van der Waals surface area (Å²) in [5, 5.41) is 2.74. The van der Waals surface area contributed by atoms with Gasteiger partial charge >= 0.3 is 0 Å². The van der Waals surface area contributed by atoms with E-state index in [0.717, 1.165) is 17.7 Å². The van der Waals surface area contributed by atoms with Crippen LogP contribution >= 0.6 is 0 Å². The first kappa shape index (κ1) is 22.0. The lowest BCUT2D eigenvalue weighted by atomic mass is 10.1. The van der Waals surface area contributed by atoms with E-state index in [0.29, 0.717) is 18.5 Å². The Kier molecular flexibility index (Phi) is 6.61. The number of amides is 2. The third-order valence-electron chi connectivity index (χ3n) is 5.44. The van der Waals surface area contributed by atoms with E-state index in [1.165, 1.54) is 11.6 Å². The number of benzene rings is 2. The van der Waals surface area contributed by atoms with Gasteiger partial charge < -0.3 is 10.2 Å². The van der Waals surface area contributed by atoms with Crippen molar-refractivity contribution in [1.82, 2.24) is 0 Å². The van der Waals surface area contributed by atoms with E-state index in [2.05, 4.69) is 12.2 Å². The molecule has 2 aromatic rings. The molecule has 7 heteroatoms. The van der Waals surface area contributed by atoms with Crippen LogP contribution in [0.25, 0.3) is 0 Å². The molecule has 1 atom stereocenters. The normalized spacial score (nSPS) is 15.7. The minimum absolute atomic E-state index is 0.00952. The number of hydrogen-bond donors (Lipinski definition) is 1. The molecule has 0 spiro atoms. The van der Waals surface area contributed by atoms with Crippen molar-refractivity contribution in [2.45, 2.75) is 57.4 Å². The fourth-order valence-electron chi connectivity index (χ4n) is 3.74. The smallest absolute Gasteiger partial charge is 0.226 e. The van der Waals surface area contributed by atoms with Crippen LogP contribution in [0.4, 0.5) is 11.4 Å². The zero-order valence-corrected chi connectivity index (χ0v) is 18.5. The van der Waals surface area contributed by atoms with Crippen molar-refractivity contribution in [3.8, 4) is 0 Å². The summed E-state index contributed by atoms with van der Waals surface area (Å²) in [4.78, 5) is 26.3. The Hall–Kier alpha value is -2.67. The van der Waals surface area contributed by atoms with E-state index in [9.17, 15) is 18.0 Å². The maximum absolute atomic E-state index is 12.8. The molecule has 1 heterocycles. The average Bonchev–Trinajstić information content (AvgIpc) is 3.07. The lowest BCUT2D eigenvalue weighted by molar-refractivity contribution is -0.118. The second kappa shape index (κ2) is 9.00. The van der Waals surface area contributed by atoms with Crippen molar-refractivity contribution >= 4 is 33.0 Å². The summed E-state index contributed by atoms with van der Waals surface area (Å²) < 4.78 is 25.5. The van der Waals surface area contributed by atoms with Crippen LogP contribution in [0.2, 0.25) is 0 Å². The van der Waals surface area contributed by atoms with Crippen LogP contribution < -0.4 is 10.2 Å². The lowest BCUT2D eigenvalue weighted by Crippen LogP contribution is -2.35. The largest absolute Gasteiger partial charge is 0.326 e. The van der Waals surface area contributed by atoms with E-state index in [-0.39, 0.29) is 34.9 Å². The summed E-state index contributed by atoms with van der Waals surface area (Å²) in [7, 11) is -3.60. The SMILES string of the molecule is CCC(=O)N1c2ccc(S(=O)(=O)CCC(=O)Nc3ccc(CC)cc3)cc2C[C@@H]1C. The number of rotatable bonds is 7. The number of nitrogens with one attached hydrogen (secondary N) is 1. The molecule has 0 radical (unpaired) electrons. The quantitative estimate of drug-likeness (QED) is 0.728. The topological polar surface area (TPSA) is 83.6 Å². The standard InChI is InChI=1S/C23H28N2O4S/c1-4-17-6-8-19(9-7-17)24-22(26)12-13-30(28,29)20-10-11-21-18(15-20)14-16(3)25(21)23(27)5-2/h6-11,15-16H,4-5,12-14H2,1-3H3,(H,24,26)/t16-/m0/s1. The first-order valence-electron chi connectivity index (χ1n) is 10.3. The van der Waals surface area contributed by atoms with Gasteiger partial charge in [0.1, 0.15) is 0 Å². The Balaban J connectivity index is 1.66. The summed E-state index contributed by atoms with van der Waals surface area (Å²) in [6.45, 7) is 5.82. The Morgan fingerprint density at radius 2 is 1.80 bits per heavy atom. The van der Waals surface area contributed by atoms with Crippen molar-refractivity contribution in [3.05, 3.63) is 53.6 Å². The van der Waals surface area contributed by atoms with Crippen LogP contribution in [-0.2, 0) is 32.3 Å². The molecule has 6 nitrogen and oxygen atoms in total. The fraction of sp³-hybridized carbons (Fsp3) is 0.391. The second-order valence-electron chi connectivity index (χ2n) is 7.63. The predicted molar refractivity (Wildman–Crippen MR) is 119 cm³/mol. The number of nitrogens with zero attached hydrogens (tertiary/aromatic N) is 1. The molecular formula is C23H28N2O4S. The first-order valence-corrected chi connectivity index (χ1v) is 12.0. The van der Waals surface area contributed by atoms with Crippen molar-refractivity contribution in [2.75, 3.05) is 16.0 Å². The lowest BCUT2D eigenvalue weighted by Gasteiger charge is -2.22. The molecule has 0 aliphatic carbocycles. The van der Waals surface area contributed by atoms with Crippen LogP contribution in [0.5, 0.6) is 0 Å². The summed E-state index contributed by atoms with van der Waals surface area (Å²) in [5.74, 6) is -0.574. The molecule has 2 amide bonds. The first-order chi connectivity index (χ1) is 14.2. The molecule has 3 rings (SSSR count). The molecule has 160 valence electrons. The zero-order chi connectivity index (χ0) is 21.9. The minimum atomic E-state index is -3.60. The average molecular weight is 429 g/mol. The van der Waals surface area contributed by atoms with Crippen molar-refractivity contribution in [1.29, 1.82) is 0 Å². The number of fused-ring (bicyclic) bond motifs is 1. The monoisotopic (exact) mass is 428 g/mol. The van der Waals surface area contributed by atoms with Gasteiger partial charge in [-0.3, -0.25) is 9.59 Å². The highest BCUT2D eigenvalue weighted by Crippen LogP contribution is 2.34. The van der Waals surface area contributed by atoms with Gasteiger partial charge in [-0.1, -0.05) is 26.0 Å². The molecule has 30 heavy (non-hydrogen) atoms. The van der Waals surface area contributed by atoms with Gasteiger partial charge in [0, 0.05) is 30.3 Å². The van der Waals surface area contributed by atoms with E-state index in [1.807, 2.05) is 38.1 Å². The molecule has 0 saturated carbocycles. The molecule has 1 aliphatic heterocycles. The molecular weight excluding hydrogens is 400 g/mol. The number of aryl methyl sites for hydroxylation is 1. The van der Waals surface area contributed by atoms with Crippen LogP contribution in [0, 0.1) is 0 Å². The van der Waals surface area contributed by atoms with Crippen LogP contribution in [0.15, 0.2) is 47.4 Å². The van der Waals surface area contributed by atoms with Gasteiger partial charge in [0.15, 0.2) is 9.84 Å². The van der Waals surface area contributed by atoms with Crippen LogP contribution in [0.3, 0.4) is 0 Å². The highest BCUT2D eigenvalue weighted by molar-refractivity contribution is 7.91. The maximum atomic E-state index is 12.8. The predicted octanol–water partition coefficient (Wildman–Crippen LogP) is 3.74. The number of hydrogen-bond acceptors (Lipinski definition) is 4. The van der Waals surface area contributed by atoms with Crippen molar-refractivity contribution in [3.63, 3.8) is 0 Å². The Labute approximate surface area is 178 Å². The highest BCUT2D eigenvalue weighted by atomic mass is 32.2. The van der Waals surface area contributed by atoms with Crippen LogP contribution in [-0.4, -0.2) is 32.0 Å². The van der Waals surface area contributed by atoms with E-state index >= 15 is 0 Å². The summed E-state index contributed by atoms with van der Waals surface area (Å²) in [6, 6.07) is 12.4. The molecule has 1 N–H and O–H groups in total. The third kappa shape index (κ3) is 4.73. The molecule has 0 unspecified atom stereocenters. The highest BCUT2D eigenvalue weighted by Gasteiger charge is 2.31. The number of anilines is 2. The third-order valence-corrected chi connectivity index (χ3v) is 7.15. The fourth-order valence-corrected chi connectivity index (χ4v) is 5.03. The summed E-state index contributed by atoms with van der Waals surface area (Å²) >= 11 is 0. The van der Waals surface area contributed by atoms with Gasteiger partial charge in [0.2, 0.25) is 11.8 Å².